The first kappa shape index (κ1) is 18.2. The molecule has 1 rings (SSSR count). The van der Waals surface area contributed by atoms with Crippen LogP contribution in [0.2, 0.25) is 18.1 Å². The van der Waals surface area contributed by atoms with Crippen LogP contribution in [0.3, 0.4) is 0 Å². The van der Waals surface area contributed by atoms with Crippen LogP contribution in [0.25, 0.3) is 0 Å². The molecule has 1 aromatic carbocycles. The van der Waals surface area contributed by atoms with Crippen LogP contribution < -0.4 is 0 Å². The molecule has 0 saturated heterocycles. The molecule has 0 unspecified atom stereocenters. The zero-order chi connectivity index (χ0) is 16.5. The fourth-order valence-electron chi connectivity index (χ4n) is 2.44. The molecule has 0 saturated carbocycles. The van der Waals surface area contributed by atoms with E-state index in [1.54, 1.807) is 6.07 Å². The van der Waals surface area contributed by atoms with Crippen molar-refractivity contribution >= 4 is 8.32 Å². The molecule has 1 aromatic rings. The van der Waals surface area contributed by atoms with Gasteiger partial charge in [-0.1, -0.05) is 46.8 Å². The van der Waals surface area contributed by atoms with Gasteiger partial charge in [0.05, 0.1) is 0 Å². The average Bonchev–Trinajstić information content (AvgIpc) is 2.25. The Bertz CT molecular complexity index is 464. The summed E-state index contributed by atoms with van der Waals surface area (Å²) in [4.78, 5) is 0. The topological polar surface area (TPSA) is 29.5 Å². The molecule has 120 valence electrons. The second kappa shape index (κ2) is 6.13. The largest absolute Gasteiger partial charge is 0.508 e. The number of benzene rings is 1. The first-order valence-electron chi connectivity index (χ1n) is 7.81. The molecule has 0 heterocycles. The third-order valence-corrected chi connectivity index (χ3v) is 9.46. The highest BCUT2D eigenvalue weighted by atomic mass is 28.4. The second-order valence-corrected chi connectivity index (χ2v) is 13.0. The average molecular weight is 309 g/mol. The Morgan fingerprint density at radius 1 is 1.10 bits per heavy atom. The second-order valence-electron chi connectivity index (χ2n) is 8.21. The van der Waals surface area contributed by atoms with Crippen LogP contribution in [-0.4, -0.2) is 20.0 Å². The highest BCUT2D eigenvalue weighted by molar-refractivity contribution is 6.74. The number of phenolic OH excluding ortho intramolecular Hbond substituents is 1. The van der Waals surface area contributed by atoms with Gasteiger partial charge in [0.1, 0.15) is 5.75 Å². The van der Waals surface area contributed by atoms with Gasteiger partial charge in [-0.3, -0.25) is 0 Å². The summed E-state index contributed by atoms with van der Waals surface area (Å²) in [5.41, 5.74) is 2.11. The number of hydrogen-bond acceptors (Lipinski definition) is 2. The zero-order valence-electron chi connectivity index (χ0n) is 15.0. The van der Waals surface area contributed by atoms with Crippen LogP contribution in [0.4, 0.5) is 0 Å². The first-order chi connectivity index (χ1) is 9.38. The monoisotopic (exact) mass is 308 g/mol. The summed E-state index contributed by atoms with van der Waals surface area (Å²) in [5.74, 6) is 0.396. The van der Waals surface area contributed by atoms with E-state index < -0.39 is 8.32 Å². The smallest absolute Gasteiger partial charge is 0.191 e. The van der Waals surface area contributed by atoms with E-state index in [0.29, 0.717) is 5.75 Å². The van der Waals surface area contributed by atoms with Crippen molar-refractivity contribution in [2.75, 3.05) is 6.61 Å². The van der Waals surface area contributed by atoms with Gasteiger partial charge in [0.15, 0.2) is 8.32 Å². The van der Waals surface area contributed by atoms with Gasteiger partial charge < -0.3 is 9.53 Å². The predicted molar refractivity (Wildman–Crippen MR) is 93.6 cm³/mol. The Morgan fingerprint density at radius 2 is 1.67 bits per heavy atom. The summed E-state index contributed by atoms with van der Waals surface area (Å²) in [5, 5.41) is 10.4. The Morgan fingerprint density at radius 3 is 2.14 bits per heavy atom. The number of aromatic hydroxyl groups is 1. The molecule has 3 heteroatoms. The summed E-state index contributed by atoms with van der Waals surface area (Å²) >= 11 is 0. The van der Waals surface area contributed by atoms with E-state index >= 15 is 0 Å². The maximum atomic E-state index is 10.2. The van der Waals surface area contributed by atoms with Gasteiger partial charge >= 0.3 is 0 Å². The number of aryl methyl sites for hydroxylation is 1. The van der Waals surface area contributed by atoms with E-state index in [1.165, 1.54) is 0 Å². The van der Waals surface area contributed by atoms with E-state index in [4.69, 9.17) is 4.43 Å². The summed E-state index contributed by atoms with van der Waals surface area (Å²) in [6.07, 6.45) is 0.915. The van der Waals surface area contributed by atoms with Gasteiger partial charge in [0.25, 0.3) is 0 Å². The molecule has 0 amide bonds. The molecule has 1 N–H and O–H groups in total. The minimum atomic E-state index is -1.70. The lowest BCUT2D eigenvalue weighted by atomic mass is 9.79. The fourth-order valence-corrected chi connectivity index (χ4v) is 3.48. The Labute approximate surface area is 131 Å². The van der Waals surface area contributed by atoms with Crippen LogP contribution in [0.5, 0.6) is 5.75 Å². The molecule has 0 radical (unpaired) electrons. The van der Waals surface area contributed by atoms with E-state index in [1.807, 2.05) is 6.07 Å². The van der Waals surface area contributed by atoms with Gasteiger partial charge in [-0.2, -0.15) is 0 Å². The molecule has 21 heavy (non-hydrogen) atoms. The fraction of sp³-hybridized carbons (Fsp3) is 0.667. The number of hydrogen-bond donors (Lipinski definition) is 1. The minimum Gasteiger partial charge on any atom is -0.508 e. The lowest BCUT2D eigenvalue weighted by Crippen LogP contribution is -2.41. The van der Waals surface area contributed by atoms with Crippen LogP contribution in [0, 0.1) is 6.92 Å². The van der Waals surface area contributed by atoms with Gasteiger partial charge in [0.2, 0.25) is 0 Å². The van der Waals surface area contributed by atoms with E-state index in [0.717, 1.165) is 24.2 Å². The van der Waals surface area contributed by atoms with Crippen LogP contribution in [0.15, 0.2) is 18.2 Å². The molecule has 0 spiro atoms. The maximum Gasteiger partial charge on any atom is 0.191 e. The molecular formula is C18H32O2Si. The van der Waals surface area contributed by atoms with Crippen LogP contribution >= 0.6 is 0 Å². The lowest BCUT2D eigenvalue weighted by Gasteiger charge is -2.37. The van der Waals surface area contributed by atoms with Crippen molar-refractivity contribution in [2.45, 2.75) is 71.5 Å². The minimum absolute atomic E-state index is 0.0855. The molecule has 0 aliphatic heterocycles. The highest BCUT2D eigenvalue weighted by Gasteiger charge is 2.37. The Hall–Kier alpha value is -0.803. The van der Waals surface area contributed by atoms with Crippen molar-refractivity contribution in [3.63, 3.8) is 0 Å². The van der Waals surface area contributed by atoms with Crippen molar-refractivity contribution in [2.24, 2.45) is 0 Å². The van der Waals surface area contributed by atoms with Gasteiger partial charge in [0, 0.05) is 12.2 Å². The Kier molecular flexibility index (Phi) is 5.33. The van der Waals surface area contributed by atoms with Crippen LogP contribution in [-0.2, 0) is 9.84 Å². The molecule has 0 fully saturated rings. The van der Waals surface area contributed by atoms with Crippen LogP contribution in [0.1, 0.15) is 52.2 Å². The molecule has 0 bridgehead atoms. The summed E-state index contributed by atoms with van der Waals surface area (Å²) in [7, 11) is -1.70. The standard InChI is InChI=1S/C18H32O2Si/c1-14-10-9-11-15(19)16(14)18(5,6)12-13-20-21(7,8)17(2,3)4/h9-11,19H,12-13H2,1-8H3. The quantitative estimate of drug-likeness (QED) is 0.739. The normalized spacial score (nSPS) is 13.5. The third kappa shape index (κ3) is 4.33. The van der Waals surface area contributed by atoms with Gasteiger partial charge in [-0.25, -0.2) is 0 Å². The van der Waals surface area contributed by atoms with Crippen molar-refractivity contribution < 1.29 is 9.53 Å². The van der Waals surface area contributed by atoms with Gasteiger partial charge in [-0.15, -0.1) is 0 Å². The molecule has 0 atom stereocenters. The predicted octanol–water partition coefficient (Wildman–Crippen LogP) is 5.39. The molecule has 0 aromatic heterocycles. The van der Waals surface area contributed by atoms with Crippen molar-refractivity contribution in [3.8, 4) is 5.75 Å². The summed E-state index contributed by atoms with van der Waals surface area (Å²) < 4.78 is 6.29. The lowest BCUT2D eigenvalue weighted by molar-refractivity contribution is 0.248. The van der Waals surface area contributed by atoms with E-state index in [9.17, 15) is 5.11 Å². The number of rotatable bonds is 5. The molecular weight excluding hydrogens is 276 g/mol. The van der Waals surface area contributed by atoms with E-state index in [-0.39, 0.29) is 10.5 Å². The van der Waals surface area contributed by atoms with Crippen molar-refractivity contribution in [1.82, 2.24) is 0 Å². The molecule has 2 nitrogen and oxygen atoms in total. The SMILES string of the molecule is Cc1cccc(O)c1C(C)(C)CCO[Si](C)(C)C(C)(C)C. The summed E-state index contributed by atoms with van der Waals surface area (Å²) in [6, 6.07) is 5.74. The maximum absolute atomic E-state index is 10.2. The first-order valence-corrected chi connectivity index (χ1v) is 10.7. The number of phenols is 1. The Balaban J connectivity index is 2.79. The van der Waals surface area contributed by atoms with E-state index in [2.05, 4.69) is 60.7 Å². The molecule has 0 aliphatic carbocycles. The summed E-state index contributed by atoms with van der Waals surface area (Å²) in [6.45, 7) is 18.5. The van der Waals surface area contributed by atoms with Crippen molar-refractivity contribution in [1.29, 1.82) is 0 Å². The molecule has 0 aliphatic rings. The third-order valence-electron chi connectivity index (χ3n) is 4.92. The zero-order valence-corrected chi connectivity index (χ0v) is 16.0. The van der Waals surface area contributed by atoms with Crippen molar-refractivity contribution in [3.05, 3.63) is 29.3 Å². The van der Waals surface area contributed by atoms with Gasteiger partial charge in [-0.05, 0) is 48.5 Å². The highest BCUT2D eigenvalue weighted by Crippen LogP contribution is 2.39.